The molecule has 0 N–H and O–H groups in total. The summed E-state index contributed by atoms with van der Waals surface area (Å²) in [5.41, 5.74) is 2.77. The summed E-state index contributed by atoms with van der Waals surface area (Å²) in [6.45, 7) is 0. The predicted molar refractivity (Wildman–Crippen MR) is 126 cm³/mol. The lowest BCUT2D eigenvalue weighted by atomic mass is 10.0. The fourth-order valence-electron chi connectivity index (χ4n) is 3.33. The van der Waals surface area contributed by atoms with Gasteiger partial charge in [0, 0.05) is 26.5 Å². The normalized spacial score (nSPS) is 16.4. The van der Waals surface area contributed by atoms with Crippen LogP contribution in [0.1, 0.15) is 23.6 Å². The number of halogens is 5. The molecule has 1 aliphatic heterocycles. The standard InChI is InChI=1S/C23H15Cl4FN2/c24-15-7-5-14(19(26)11-15)6-9-17-13-23(18-10-8-16(25)12-20(18)27)30(29-17)22-4-2-1-3-21(22)28/h1-12,23H,13H2/b9-6+. The van der Waals surface area contributed by atoms with E-state index in [0.717, 1.165) is 16.8 Å². The van der Waals surface area contributed by atoms with Gasteiger partial charge in [-0.15, -0.1) is 0 Å². The Kier molecular flexibility index (Phi) is 6.35. The molecule has 0 saturated heterocycles. The molecule has 4 rings (SSSR count). The lowest BCUT2D eigenvalue weighted by Crippen LogP contribution is -2.20. The van der Waals surface area contributed by atoms with Gasteiger partial charge in [-0.1, -0.05) is 76.7 Å². The topological polar surface area (TPSA) is 15.6 Å². The van der Waals surface area contributed by atoms with Crippen molar-refractivity contribution >= 4 is 63.9 Å². The minimum Gasteiger partial charge on any atom is -0.254 e. The molecule has 0 fully saturated rings. The van der Waals surface area contributed by atoms with Gasteiger partial charge in [0.15, 0.2) is 0 Å². The lowest BCUT2D eigenvalue weighted by molar-refractivity contribution is 0.606. The number of hydrogen-bond donors (Lipinski definition) is 0. The molecule has 2 nitrogen and oxygen atoms in total. The zero-order valence-electron chi connectivity index (χ0n) is 15.5. The van der Waals surface area contributed by atoms with Crippen molar-refractivity contribution in [3.63, 3.8) is 0 Å². The van der Waals surface area contributed by atoms with Crippen molar-refractivity contribution in [1.82, 2.24) is 0 Å². The molecule has 1 heterocycles. The Hall–Kier alpha value is -2.04. The lowest BCUT2D eigenvalue weighted by Gasteiger charge is -2.25. The van der Waals surface area contributed by atoms with E-state index in [9.17, 15) is 4.39 Å². The third-order valence-corrected chi connectivity index (χ3v) is 5.90. The first kappa shape index (κ1) is 21.2. The van der Waals surface area contributed by atoms with E-state index in [-0.39, 0.29) is 11.9 Å². The predicted octanol–water partition coefficient (Wildman–Crippen LogP) is 8.46. The number of benzene rings is 3. The van der Waals surface area contributed by atoms with Crippen LogP contribution in [0.2, 0.25) is 20.1 Å². The van der Waals surface area contributed by atoms with Gasteiger partial charge in [-0.05, 0) is 53.6 Å². The van der Waals surface area contributed by atoms with Crippen molar-refractivity contribution in [3.8, 4) is 0 Å². The van der Waals surface area contributed by atoms with E-state index in [2.05, 4.69) is 5.10 Å². The van der Waals surface area contributed by atoms with Gasteiger partial charge in [0.2, 0.25) is 0 Å². The molecule has 152 valence electrons. The summed E-state index contributed by atoms with van der Waals surface area (Å²) in [5.74, 6) is -0.359. The second kappa shape index (κ2) is 8.99. The number of allylic oxidation sites excluding steroid dienone is 1. The zero-order chi connectivity index (χ0) is 21.3. The van der Waals surface area contributed by atoms with Gasteiger partial charge >= 0.3 is 0 Å². The smallest absolute Gasteiger partial charge is 0.148 e. The maximum absolute atomic E-state index is 14.6. The Bertz CT molecular complexity index is 1160. The molecular weight excluding hydrogens is 465 g/mol. The van der Waals surface area contributed by atoms with Crippen molar-refractivity contribution in [2.75, 3.05) is 5.01 Å². The summed E-state index contributed by atoms with van der Waals surface area (Å²) < 4.78 is 14.6. The molecule has 1 atom stereocenters. The van der Waals surface area contributed by atoms with Crippen LogP contribution in [0.15, 0.2) is 71.8 Å². The zero-order valence-corrected chi connectivity index (χ0v) is 18.5. The third kappa shape index (κ3) is 4.50. The van der Waals surface area contributed by atoms with E-state index < -0.39 is 0 Å². The molecular formula is C23H15Cl4FN2. The maximum atomic E-state index is 14.6. The van der Waals surface area contributed by atoms with Crippen molar-refractivity contribution < 1.29 is 4.39 Å². The largest absolute Gasteiger partial charge is 0.254 e. The highest BCUT2D eigenvalue weighted by Crippen LogP contribution is 2.40. The van der Waals surface area contributed by atoms with Crippen LogP contribution < -0.4 is 5.01 Å². The quantitative estimate of drug-likeness (QED) is 0.366. The molecule has 3 aromatic carbocycles. The maximum Gasteiger partial charge on any atom is 0.148 e. The molecule has 0 saturated carbocycles. The molecule has 1 unspecified atom stereocenters. The summed E-state index contributed by atoms with van der Waals surface area (Å²) in [7, 11) is 0. The van der Waals surface area contributed by atoms with Crippen molar-refractivity contribution in [1.29, 1.82) is 0 Å². The third-order valence-electron chi connectivity index (χ3n) is 4.77. The molecule has 1 aliphatic rings. The molecule has 30 heavy (non-hydrogen) atoms. The fraction of sp³-hybridized carbons (Fsp3) is 0.0870. The summed E-state index contributed by atoms with van der Waals surface area (Å²) in [6.07, 6.45) is 4.27. The first-order valence-corrected chi connectivity index (χ1v) is 10.6. The van der Waals surface area contributed by atoms with Gasteiger partial charge in [-0.25, -0.2) is 4.39 Å². The van der Waals surface area contributed by atoms with Crippen LogP contribution >= 0.6 is 46.4 Å². The second-order valence-corrected chi connectivity index (χ2v) is 8.46. The molecule has 0 radical (unpaired) electrons. The Balaban J connectivity index is 1.71. The van der Waals surface area contributed by atoms with Gasteiger partial charge in [0.1, 0.15) is 5.82 Å². The minimum absolute atomic E-state index is 0.271. The highest BCUT2D eigenvalue weighted by Gasteiger charge is 2.31. The minimum atomic E-state index is -0.359. The van der Waals surface area contributed by atoms with Crippen LogP contribution in [-0.4, -0.2) is 5.71 Å². The van der Waals surface area contributed by atoms with E-state index in [4.69, 9.17) is 46.4 Å². The van der Waals surface area contributed by atoms with Gasteiger partial charge in [0.05, 0.1) is 17.4 Å². The average Bonchev–Trinajstić information content (AvgIpc) is 3.11. The highest BCUT2D eigenvalue weighted by molar-refractivity contribution is 6.36. The molecule has 0 amide bonds. The van der Waals surface area contributed by atoms with Gasteiger partial charge < -0.3 is 0 Å². The van der Waals surface area contributed by atoms with E-state index in [0.29, 0.717) is 32.2 Å². The van der Waals surface area contributed by atoms with Gasteiger partial charge in [-0.2, -0.15) is 5.10 Å². The Morgan fingerprint density at radius 1 is 0.867 bits per heavy atom. The van der Waals surface area contributed by atoms with Crippen molar-refractivity contribution in [2.45, 2.75) is 12.5 Å². The first-order chi connectivity index (χ1) is 14.4. The van der Waals surface area contributed by atoms with Gasteiger partial charge in [-0.3, -0.25) is 5.01 Å². The van der Waals surface area contributed by atoms with Crippen LogP contribution in [0.4, 0.5) is 10.1 Å². The fourth-order valence-corrected chi connectivity index (χ4v) is 4.34. The monoisotopic (exact) mass is 478 g/mol. The van der Waals surface area contributed by atoms with Crippen molar-refractivity contribution in [2.24, 2.45) is 5.10 Å². The van der Waals surface area contributed by atoms with E-state index in [1.165, 1.54) is 6.07 Å². The van der Waals surface area contributed by atoms with Crippen LogP contribution in [0.3, 0.4) is 0 Å². The summed E-state index contributed by atoms with van der Waals surface area (Å²) in [5, 5.41) is 8.48. The van der Waals surface area contributed by atoms with Crippen LogP contribution in [0.5, 0.6) is 0 Å². The van der Waals surface area contributed by atoms with E-state index in [1.54, 1.807) is 47.5 Å². The Morgan fingerprint density at radius 2 is 1.57 bits per heavy atom. The van der Waals surface area contributed by atoms with Gasteiger partial charge in [0.25, 0.3) is 0 Å². The Labute approximate surface area is 194 Å². The molecule has 0 bridgehead atoms. The summed E-state index contributed by atoms with van der Waals surface area (Å²) >= 11 is 24.7. The molecule has 0 aromatic heterocycles. The molecule has 7 heteroatoms. The molecule has 0 aliphatic carbocycles. The number of para-hydroxylation sites is 1. The van der Waals surface area contributed by atoms with Crippen molar-refractivity contribution in [3.05, 3.63) is 104 Å². The summed E-state index contributed by atoms with van der Waals surface area (Å²) in [4.78, 5) is 0. The highest BCUT2D eigenvalue weighted by atomic mass is 35.5. The van der Waals surface area contributed by atoms with E-state index >= 15 is 0 Å². The van der Waals surface area contributed by atoms with Crippen LogP contribution in [-0.2, 0) is 0 Å². The summed E-state index contributed by atoms with van der Waals surface area (Å²) in [6, 6.07) is 16.8. The van der Waals surface area contributed by atoms with Crippen LogP contribution in [0.25, 0.3) is 6.08 Å². The number of rotatable bonds is 4. The number of hydrazone groups is 1. The number of hydrogen-bond acceptors (Lipinski definition) is 2. The Morgan fingerprint density at radius 3 is 2.27 bits per heavy atom. The molecule has 0 spiro atoms. The molecule has 3 aromatic rings. The average molecular weight is 480 g/mol. The van der Waals surface area contributed by atoms with E-state index in [1.807, 2.05) is 24.3 Å². The van der Waals surface area contributed by atoms with Crippen LogP contribution in [0, 0.1) is 5.82 Å². The number of anilines is 1. The number of nitrogens with zero attached hydrogens (tertiary/aromatic N) is 2. The SMILES string of the molecule is Fc1ccccc1N1N=C(/C=C/c2ccc(Cl)cc2Cl)CC1c1ccc(Cl)cc1Cl. The second-order valence-electron chi connectivity index (χ2n) is 6.77. The first-order valence-electron chi connectivity index (χ1n) is 9.11.